The summed E-state index contributed by atoms with van der Waals surface area (Å²) in [4.78, 5) is 20.3. The molecule has 5 heteroatoms. The van der Waals surface area contributed by atoms with Gasteiger partial charge in [-0.25, -0.2) is 0 Å². The Kier molecular flexibility index (Phi) is 6.58. The van der Waals surface area contributed by atoms with E-state index in [4.69, 9.17) is 5.11 Å². The van der Waals surface area contributed by atoms with Crippen molar-refractivity contribution in [2.24, 2.45) is 0 Å². The van der Waals surface area contributed by atoms with Crippen molar-refractivity contribution in [3.05, 3.63) is 0 Å². The number of nitrogens with one attached hydrogen (secondary N) is 1. The van der Waals surface area contributed by atoms with Crippen molar-refractivity contribution >= 4 is 27.8 Å². The van der Waals surface area contributed by atoms with E-state index in [-0.39, 0.29) is 5.91 Å². The lowest BCUT2D eigenvalue weighted by molar-refractivity contribution is -0.136. The van der Waals surface area contributed by atoms with Gasteiger partial charge in [0.15, 0.2) is 0 Å². The van der Waals surface area contributed by atoms with Crippen molar-refractivity contribution in [1.29, 1.82) is 0 Å². The summed E-state index contributed by atoms with van der Waals surface area (Å²) in [6.07, 6.45) is 2.20. The number of hydrogen-bond donors (Lipinski definition) is 2. The molecule has 76 valence electrons. The van der Waals surface area contributed by atoms with Crippen LogP contribution in [0.25, 0.3) is 0 Å². The molecule has 0 bridgehead atoms. The van der Waals surface area contributed by atoms with E-state index in [2.05, 4.69) is 21.2 Å². The van der Waals surface area contributed by atoms with E-state index >= 15 is 0 Å². The highest BCUT2D eigenvalue weighted by atomic mass is 79.9. The highest BCUT2D eigenvalue weighted by Gasteiger charge is 2.11. The Morgan fingerprint density at radius 2 is 2.08 bits per heavy atom. The molecule has 0 aliphatic carbocycles. The molecule has 0 saturated heterocycles. The summed E-state index contributed by atoms with van der Waals surface area (Å²) in [6.45, 7) is 2.08. The average molecular weight is 252 g/mol. The third-order valence-corrected chi connectivity index (χ3v) is 2.38. The van der Waals surface area contributed by atoms with Crippen LogP contribution in [0.1, 0.15) is 26.2 Å². The average Bonchev–Trinajstić information content (AvgIpc) is 2.02. The molecule has 0 unspecified atom stereocenters. The predicted molar refractivity (Wildman–Crippen MR) is 52.9 cm³/mol. The molecule has 13 heavy (non-hydrogen) atoms. The van der Waals surface area contributed by atoms with E-state index in [0.717, 1.165) is 12.8 Å². The lowest BCUT2D eigenvalue weighted by Gasteiger charge is -2.04. The fraction of sp³-hybridized carbons (Fsp3) is 0.750. The Bertz CT molecular complexity index is 184. The van der Waals surface area contributed by atoms with Gasteiger partial charge >= 0.3 is 5.97 Å². The van der Waals surface area contributed by atoms with Crippen LogP contribution in [0.4, 0.5) is 0 Å². The van der Waals surface area contributed by atoms with Crippen LogP contribution >= 0.6 is 15.9 Å². The van der Waals surface area contributed by atoms with Gasteiger partial charge in [-0.15, -0.1) is 0 Å². The normalized spacial score (nSPS) is 12.2. The first kappa shape index (κ1) is 12.4. The maximum atomic E-state index is 10.4. The molecule has 4 nitrogen and oxygen atoms in total. The van der Waals surface area contributed by atoms with E-state index in [0.29, 0.717) is 13.0 Å². The van der Waals surface area contributed by atoms with Gasteiger partial charge in [0.25, 0.3) is 0 Å². The molecule has 0 aromatic rings. The summed E-state index contributed by atoms with van der Waals surface area (Å²) < 4.78 is 0. The number of carbonyl (C=O) groups excluding carboxylic acids is 1. The highest BCUT2D eigenvalue weighted by molar-refractivity contribution is 9.10. The first-order valence-electron chi connectivity index (χ1n) is 4.15. The lowest BCUT2D eigenvalue weighted by atomic mass is 10.2. The Hall–Kier alpha value is -0.580. The van der Waals surface area contributed by atoms with Crippen LogP contribution in [-0.4, -0.2) is 28.4 Å². The number of alkyl halides is 1. The van der Waals surface area contributed by atoms with Crippen LogP contribution in [0.5, 0.6) is 0 Å². The SMILES string of the molecule is CC(=O)NCCCC[C@H](Br)C(=O)O. The summed E-state index contributed by atoms with van der Waals surface area (Å²) in [5.41, 5.74) is 0. The van der Waals surface area contributed by atoms with Gasteiger partial charge in [0, 0.05) is 13.5 Å². The zero-order valence-corrected chi connectivity index (χ0v) is 9.13. The fourth-order valence-electron chi connectivity index (χ4n) is 0.836. The standard InChI is InChI=1S/C8H14BrNO3/c1-6(11)10-5-3-2-4-7(9)8(12)13/h7H,2-5H2,1H3,(H,10,11)(H,12,13)/t7-/m0/s1. The van der Waals surface area contributed by atoms with Gasteiger partial charge in [0.2, 0.25) is 5.91 Å². The molecule has 0 radical (unpaired) electrons. The Balaban J connectivity index is 3.26. The molecule has 0 fully saturated rings. The zero-order chi connectivity index (χ0) is 10.3. The van der Waals surface area contributed by atoms with Crippen molar-refractivity contribution in [1.82, 2.24) is 5.32 Å². The molecule has 0 aromatic carbocycles. The maximum absolute atomic E-state index is 10.4. The quantitative estimate of drug-likeness (QED) is 0.550. The summed E-state index contributed by atoms with van der Waals surface area (Å²) >= 11 is 3.04. The van der Waals surface area contributed by atoms with Crippen LogP contribution in [0.3, 0.4) is 0 Å². The summed E-state index contributed by atoms with van der Waals surface area (Å²) in [5, 5.41) is 11.2. The van der Waals surface area contributed by atoms with Gasteiger partial charge in [-0.3, -0.25) is 9.59 Å². The van der Waals surface area contributed by atoms with E-state index in [9.17, 15) is 9.59 Å². The van der Waals surface area contributed by atoms with Gasteiger partial charge in [-0.2, -0.15) is 0 Å². The molecule has 0 aromatic heterocycles. The Morgan fingerprint density at radius 1 is 1.46 bits per heavy atom. The summed E-state index contributed by atoms with van der Waals surface area (Å²) in [5.74, 6) is -0.881. The van der Waals surface area contributed by atoms with Crippen LogP contribution in [0.15, 0.2) is 0 Å². The van der Waals surface area contributed by atoms with E-state index < -0.39 is 10.8 Å². The molecule has 0 rings (SSSR count). The minimum Gasteiger partial charge on any atom is -0.480 e. The Morgan fingerprint density at radius 3 is 2.54 bits per heavy atom. The van der Waals surface area contributed by atoms with Gasteiger partial charge in [0.1, 0.15) is 4.83 Å². The van der Waals surface area contributed by atoms with Crippen LogP contribution in [-0.2, 0) is 9.59 Å². The van der Waals surface area contributed by atoms with Gasteiger partial charge < -0.3 is 10.4 Å². The van der Waals surface area contributed by atoms with E-state index in [1.165, 1.54) is 6.92 Å². The second-order valence-electron chi connectivity index (χ2n) is 2.78. The van der Waals surface area contributed by atoms with Crippen molar-refractivity contribution in [3.63, 3.8) is 0 Å². The van der Waals surface area contributed by atoms with E-state index in [1.807, 2.05) is 0 Å². The second-order valence-corrected chi connectivity index (χ2v) is 3.89. The smallest absolute Gasteiger partial charge is 0.317 e. The van der Waals surface area contributed by atoms with Crippen LogP contribution in [0.2, 0.25) is 0 Å². The molecular formula is C8H14BrNO3. The van der Waals surface area contributed by atoms with Crippen molar-refractivity contribution in [3.8, 4) is 0 Å². The molecule has 1 atom stereocenters. The predicted octanol–water partition coefficient (Wildman–Crippen LogP) is 1.14. The maximum Gasteiger partial charge on any atom is 0.317 e. The van der Waals surface area contributed by atoms with Crippen LogP contribution in [0, 0.1) is 0 Å². The number of carbonyl (C=O) groups is 2. The molecule has 0 spiro atoms. The van der Waals surface area contributed by atoms with Gasteiger partial charge in [-0.05, 0) is 19.3 Å². The first-order valence-corrected chi connectivity index (χ1v) is 5.07. The summed E-state index contributed by atoms with van der Waals surface area (Å²) in [6, 6.07) is 0. The number of aliphatic carboxylic acids is 1. The summed E-state index contributed by atoms with van der Waals surface area (Å²) in [7, 11) is 0. The minimum absolute atomic E-state index is 0.0476. The van der Waals surface area contributed by atoms with Crippen molar-refractivity contribution in [2.75, 3.05) is 6.54 Å². The van der Waals surface area contributed by atoms with Gasteiger partial charge in [0.05, 0.1) is 0 Å². The molecule has 0 aliphatic rings. The molecule has 0 heterocycles. The monoisotopic (exact) mass is 251 g/mol. The number of amides is 1. The highest BCUT2D eigenvalue weighted by Crippen LogP contribution is 2.09. The number of unbranched alkanes of at least 4 members (excludes halogenated alkanes) is 1. The van der Waals surface area contributed by atoms with Gasteiger partial charge in [-0.1, -0.05) is 15.9 Å². The van der Waals surface area contributed by atoms with Crippen LogP contribution < -0.4 is 5.32 Å². The second kappa shape index (κ2) is 6.88. The Labute approximate surface area is 85.8 Å². The number of carboxylic acids is 1. The number of hydrogen-bond acceptors (Lipinski definition) is 2. The number of carboxylic acid groups (broad SMARTS) is 1. The minimum atomic E-state index is -0.834. The van der Waals surface area contributed by atoms with Crippen molar-refractivity contribution in [2.45, 2.75) is 31.0 Å². The molecular weight excluding hydrogens is 238 g/mol. The van der Waals surface area contributed by atoms with Crippen molar-refractivity contribution < 1.29 is 14.7 Å². The number of halogens is 1. The zero-order valence-electron chi connectivity index (χ0n) is 7.55. The van der Waals surface area contributed by atoms with E-state index in [1.54, 1.807) is 0 Å². The molecule has 0 saturated carbocycles. The number of rotatable bonds is 6. The third-order valence-electron chi connectivity index (χ3n) is 1.53. The molecule has 0 aliphatic heterocycles. The lowest BCUT2D eigenvalue weighted by Crippen LogP contribution is -2.21. The third kappa shape index (κ3) is 7.77. The fourth-order valence-corrected chi connectivity index (χ4v) is 1.16. The molecule has 1 amide bonds. The topological polar surface area (TPSA) is 66.4 Å². The molecule has 2 N–H and O–H groups in total. The first-order chi connectivity index (χ1) is 6.04. The largest absolute Gasteiger partial charge is 0.480 e.